The van der Waals surface area contributed by atoms with E-state index in [2.05, 4.69) is 5.32 Å². The molecule has 4 heteroatoms. The highest BCUT2D eigenvalue weighted by Crippen LogP contribution is 2.22. The van der Waals surface area contributed by atoms with E-state index in [1.165, 1.54) is 0 Å². The Bertz CT molecular complexity index is 561. The summed E-state index contributed by atoms with van der Waals surface area (Å²) in [6.45, 7) is 3.90. The van der Waals surface area contributed by atoms with E-state index >= 15 is 0 Å². The Morgan fingerprint density at radius 1 is 1.37 bits per heavy atom. The van der Waals surface area contributed by atoms with Crippen molar-refractivity contribution in [2.75, 3.05) is 5.32 Å². The zero-order chi connectivity index (χ0) is 13.8. The van der Waals surface area contributed by atoms with Crippen molar-refractivity contribution in [2.24, 2.45) is 0 Å². The third kappa shape index (κ3) is 3.16. The smallest absolute Gasteiger partial charge is 0.337 e. The number of carbonyl (C=O) groups is 1. The van der Waals surface area contributed by atoms with E-state index in [1.807, 2.05) is 32.0 Å². The van der Waals surface area contributed by atoms with E-state index in [4.69, 9.17) is 4.42 Å². The average Bonchev–Trinajstić information content (AvgIpc) is 2.84. The van der Waals surface area contributed by atoms with Crippen molar-refractivity contribution >= 4 is 11.7 Å². The van der Waals surface area contributed by atoms with Gasteiger partial charge >= 0.3 is 5.97 Å². The van der Waals surface area contributed by atoms with E-state index < -0.39 is 5.97 Å². The average molecular weight is 259 g/mol. The lowest BCUT2D eigenvalue weighted by molar-refractivity contribution is 0.0698. The molecule has 2 rings (SSSR count). The normalized spacial score (nSPS) is 12.1. The minimum atomic E-state index is -0.920. The van der Waals surface area contributed by atoms with Crippen molar-refractivity contribution in [1.82, 2.24) is 0 Å². The third-order valence-corrected chi connectivity index (χ3v) is 2.98. The molecule has 0 saturated heterocycles. The minimum Gasteiger partial charge on any atom is -0.478 e. The van der Waals surface area contributed by atoms with Crippen LogP contribution in [-0.4, -0.2) is 17.1 Å². The molecule has 2 aromatic rings. The number of para-hydroxylation sites is 1. The van der Waals surface area contributed by atoms with Gasteiger partial charge in [0, 0.05) is 12.5 Å². The Labute approximate surface area is 112 Å². The lowest BCUT2D eigenvalue weighted by atomic mass is 10.1. The number of hydrogen-bond donors (Lipinski definition) is 2. The van der Waals surface area contributed by atoms with Crippen LogP contribution in [0, 0.1) is 6.92 Å². The molecular formula is C15H17NO3. The Kier molecular flexibility index (Phi) is 3.90. The summed E-state index contributed by atoms with van der Waals surface area (Å²) in [6.07, 6.45) is 2.35. The summed E-state index contributed by atoms with van der Waals surface area (Å²) < 4.78 is 5.29. The molecule has 0 aliphatic rings. The minimum absolute atomic E-state index is 0.0883. The van der Waals surface area contributed by atoms with Gasteiger partial charge in [0.1, 0.15) is 5.76 Å². The maximum absolute atomic E-state index is 11.2. The molecule has 100 valence electrons. The van der Waals surface area contributed by atoms with E-state index in [-0.39, 0.29) is 6.04 Å². The van der Waals surface area contributed by atoms with Crippen LogP contribution in [0.5, 0.6) is 0 Å². The topological polar surface area (TPSA) is 62.5 Å². The zero-order valence-electron chi connectivity index (χ0n) is 11.0. The number of carboxylic acid groups (broad SMARTS) is 1. The summed E-state index contributed by atoms with van der Waals surface area (Å²) in [5.74, 6) is -0.0399. The highest BCUT2D eigenvalue weighted by Gasteiger charge is 2.14. The number of nitrogens with one attached hydrogen (secondary N) is 1. The maximum Gasteiger partial charge on any atom is 0.337 e. The first-order valence-corrected chi connectivity index (χ1v) is 6.19. The molecule has 1 unspecified atom stereocenters. The van der Waals surface area contributed by atoms with Gasteiger partial charge in [0.2, 0.25) is 0 Å². The summed E-state index contributed by atoms with van der Waals surface area (Å²) in [4.78, 5) is 11.2. The van der Waals surface area contributed by atoms with Crippen LogP contribution >= 0.6 is 0 Å². The van der Waals surface area contributed by atoms with Gasteiger partial charge in [0.15, 0.2) is 0 Å². The molecule has 1 heterocycles. The molecule has 4 nitrogen and oxygen atoms in total. The van der Waals surface area contributed by atoms with Crippen LogP contribution in [0.2, 0.25) is 0 Å². The summed E-state index contributed by atoms with van der Waals surface area (Å²) in [5, 5.41) is 12.5. The number of aryl methyl sites for hydroxylation is 1. The number of carboxylic acids is 1. The fourth-order valence-electron chi connectivity index (χ4n) is 2.07. The van der Waals surface area contributed by atoms with Crippen LogP contribution in [0.3, 0.4) is 0 Å². The molecule has 0 aliphatic heterocycles. The zero-order valence-corrected chi connectivity index (χ0v) is 11.0. The van der Waals surface area contributed by atoms with E-state index in [1.54, 1.807) is 18.4 Å². The summed E-state index contributed by atoms with van der Waals surface area (Å²) >= 11 is 0. The second-order valence-electron chi connectivity index (χ2n) is 4.63. The van der Waals surface area contributed by atoms with Crippen molar-refractivity contribution in [1.29, 1.82) is 0 Å². The molecule has 0 spiro atoms. The molecular weight excluding hydrogens is 242 g/mol. The first kappa shape index (κ1) is 13.2. The second kappa shape index (κ2) is 5.61. The molecule has 0 bridgehead atoms. The molecule has 0 amide bonds. The maximum atomic E-state index is 11.2. The van der Waals surface area contributed by atoms with Gasteiger partial charge in [-0.2, -0.15) is 0 Å². The number of aromatic carboxylic acids is 1. The molecule has 0 radical (unpaired) electrons. The fraction of sp³-hybridized carbons (Fsp3) is 0.267. The van der Waals surface area contributed by atoms with Crippen LogP contribution in [0.25, 0.3) is 0 Å². The van der Waals surface area contributed by atoms with E-state index in [0.717, 1.165) is 11.3 Å². The first-order chi connectivity index (χ1) is 9.08. The summed E-state index contributed by atoms with van der Waals surface area (Å²) in [7, 11) is 0. The SMILES string of the molecule is Cc1cccc(C(=O)O)c1NC(C)Cc1ccco1. The molecule has 1 aromatic carbocycles. The molecule has 0 fully saturated rings. The Hall–Kier alpha value is -2.23. The van der Waals surface area contributed by atoms with E-state index in [0.29, 0.717) is 17.7 Å². The van der Waals surface area contributed by atoms with Gasteiger partial charge < -0.3 is 14.8 Å². The van der Waals surface area contributed by atoms with Crippen molar-refractivity contribution in [3.05, 3.63) is 53.5 Å². The quantitative estimate of drug-likeness (QED) is 0.864. The first-order valence-electron chi connectivity index (χ1n) is 6.19. The monoisotopic (exact) mass is 259 g/mol. The van der Waals surface area contributed by atoms with Crippen LogP contribution in [0.1, 0.15) is 28.6 Å². The number of benzene rings is 1. The predicted molar refractivity (Wildman–Crippen MR) is 73.6 cm³/mol. The summed E-state index contributed by atoms with van der Waals surface area (Å²) in [5.41, 5.74) is 1.89. The largest absolute Gasteiger partial charge is 0.478 e. The molecule has 0 aliphatic carbocycles. The highest BCUT2D eigenvalue weighted by atomic mass is 16.4. The van der Waals surface area contributed by atoms with Crippen molar-refractivity contribution in [2.45, 2.75) is 26.3 Å². The van der Waals surface area contributed by atoms with E-state index in [9.17, 15) is 9.90 Å². The molecule has 1 aromatic heterocycles. The molecule has 1 atom stereocenters. The Balaban J connectivity index is 2.16. The van der Waals surface area contributed by atoms with Gasteiger partial charge in [-0.05, 0) is 37.6 Å². The van der Waals surface area contributed by atoms with Crippen LogP contribution in [-0.2, 0) is 6.42 Å². The number of furan rings is 1. The molecule has 0 saturated carbocycles. The predicted octanol–water partition coefficient (Wildman–Crippen LogP) is 3.33. The van der Waals surface area contributed by atoms with Gasteiger partial charge in [0.25, 0.3) is 0 Å². The Morgan fingerprint density at radius 2 is 2.16 bits per heavy atom. The van der Waals surface area contributed by atoms with Gasteiger partial charge in [-0.15, -0.1) is 0 Å². The second-order valence-corrected chi connectivity index (χ2v) is 4.63. The lowest BCUT2D eigenvalue weighted by Gasteiger charge is -2.18. The molecule has 2 N–H and O–H groups in total. The fourth-order valence-corrected chi connectivity index (χ4v) is 2.07. The van der Waals surface area contributed by atoms with Crippen LogP contribution in [0.4, 0.5) is 5.69 Å². The Morgan fingerprint density at radius 3 is 2.79 bits per heavy atom. The lowest BCUT2D eigenvalue weighted by Crippen LogP contribution is -2.20. The highest BCUT2D eigenvalue weighted by molar-refractivity contribution is 5.95. The van der Waals surface area contributed by atoms with Crippen molar-refractivity contribution in [3.63, 3.8) is 0 Å². The number of rotatable bonds is 5. The molecule has 19 heavy (non-hydrogen) atoms. The number of hydrogen-bond acceptors (Lipinski definition) is 3. The standard InChI is InChI=1S/C15H17NO3/c1-10-5-3-7-13(15(17)18)14(10)16-11(2)9-12-6-4-8-19-12/h3-8,11,16H,9H2,1-2H3,(H,17,18). The van der Waals surface area contributed by atoms with Crippen LogP contribution < -0.4 is 5.32 Å². The summed E-state index contributed by atoms with van der Waals surface area (Å²) in [6, 6.07) is 9.10. The van der Waals surface area contributed by atoms with Gasteiger partial charge in [-0.3, -0.25) is 0 Å². The van der Waals surface area contributed by atoms with Crippen molar-refractivity contribution in [3.8, 4) is 0 Å². The van der Waals surface area contributed by atoms with Crippen molar-refractivity contribution < 1.29 is 14.3 Å². The third-order valence-electron chi connectivity index (χ3n) is 2.98. The van der Waals surface area contributed by atoms with Gasteiger partial charge in [-0.25, -0.2) is 4.79 Å². The van der Waals surface area contributed by atoms with Crippen LogP contribution in [0.15, 0.2) is 41.0 Å². The number of anilines is 1. The van der Waals surface area contributed by atoms with Gasteiger partial charge in [-0.1, -0.05) is 12.1 Å². The van der Waals surface area contributed by atoms with Gasteiger partial charge in [0.05, 0.1) is 17.5 Å².